The lowest BCUT2D eigenvalue weighted by Gasteiger charge is -2.08. The summed E-state index contributed by atoms with van der Waals surface area (Å²) in [5, 5.41) is 8.78. The van der Waals surface area contributed by atoms with Gasteiger partial charge in [0.2, 0.25) is 0 Å². The molecule has 4 nitrogen and oxygen atoms in total. The van der Waals surface area contributed by atoms with E-state index < -0.39 is 0 Å². The Bertz CT molecular complexity index is 737. The van der Waals surface area contributed by atoms with E-state index in [0.717, 1.165) is 29.2 Å². The number of fused-ring (bicyclic) bond motifs is 1. The minimum absolute atomic E-state index is 0.414. The van der Waals surface area contributed by atoms with Gasteiger partial charge < -0.3 is 4.57 Å². The maximum atomic E-state index is 6.03. The van der Waals surface area contributed by atoms with Crippen molar-refractivity contribution in [2.75, 3.05) is 0 Å². The molecular formula is C13H15ClN4S. The summed E-state index contributed by atoms with van der Waals surface area (Å²) in [5.41, 5.74) is 5.57. The summed E-state index contributed by atoms with van der Waals surface area (Å²) in [5.74, 6) is 1.32. The molecule has 0 saturated heterocycles. The Morgan fingerprint density at radius 2 is 2.11 bits per heavy atom. The van der Waals surface area contributed by atoms with Crippen LogP contribution in [0.5, 0.6) is 0 Å². The highest BCUT2D eigenvalue weighted by Gasteiger charge is 2.17. The molecule has 19 heavy (non-hydrogen) atoms. The Morgan fingerprint density at radius 1 is 1.32 bits per heavy atom. The van der Waals surface area contributed by atoms with Crippen LogP contribution in [0.4, 0.5) is 0 Å². The average molecular weight is 295 g/mol. The molecule has 0 bridgehead atoms. The van der Waals surface area contributed by atoms with Crippen LogP contribution in [0.1, 0.15) is 22.6 Å². The van der Waals surface area contributed by atoms with Gasteiger partial charge in [0.25, 0.3) is 0 Å². The molecule has 0 aliphatic carbocycles. The van der Waals surface area contributed by atoms with E-state index in [-0.39, 0.29) is 0 Å². The van der Waals surface area contributed by atoms with Crippen LogP contribution < -0.4 is 0 Å². The van der Waals surface area contributed by atoms with Gasteiger partial charge in [0.05, 0.1) is 18.1 Å². The Morgan fingerprint density at radius 3 is 2.74 bits per heavy atom. The predicted octanol–water partition coefficient (Wildman–Crippen LogP) is 3.24. The van der Waals surface area contributed by atoms with E-state index in [4.69, 9.17) is 11.6 Å². The van der Waals surface area contributed by atoms with Gasteiger partial charge in [0, 0.05) is 7.05 Å². The fourth-order valence-electron chi connectivity index (χ4n) is 2.37. The second-order valence-corrected chi connectivity index (χ2v) is 5.72. The SMILES string of the molecule is Cc1cscc1Cn1c(CCl)nc2c(C)nn(C)c21. The Hall–Kier alpha value is -1.33. The molecule has 100 valence electrons. The molecule has 0 atom stereocenters. The van der Waals surface area contributed by atoms with Crippen LogP contribution in [0, 0.1) is 13.8 Å². The molecule has 0 saturated carbocycles. The van der Waals surface area contributed by atoms with Crippen LogP contribution in [-0.4, -0.2) is 19.3 Å². The Kier molecular flexibility index (Phi) is 3.11. The second-order valence-electron chi connectivity index (χ2n) is 4.71. The number of thiophene rings is 1. The highest BCUT2D eigenvalue weighted by Crippen LogP contribution is 2.23. The van der Waals surface area contributed by atoms with Crippen molar-refractivity contribution in [3.63, 3.8) is 0 Å². The highest BCUT2D eigenvalue weighted by atomic mass is 35.5. The van der Waals surface area contributed by atoms with E-state index in [9.17, 15) is 0 Å². The molecule has 3 heterocycles. The van der Waals surface area contributed by atoms with Crippen LogP contribution in [0.2, 0.25) is 0 Å². The van der Waals surface area contributed by atoms with Gasteiger partial charge in [-0.2, -0.15) is 16.4 Å². The van der Waals surface area contributed by atoms with E-state index >= 15 is 0 Å². The van der Waals surface area contributed by atoms with Gasteiger partial charge in [-0.05, 0) is 35.7 Å². The molecule has 3 rings (SSSR count). The van der Waals surface area contributed by atoms with Crippen molar-refractivity contribution in [1.29, 1.82) is 0 Å². The van der Waals surface area contributed by atoms with Crippen LogP contribution in [0.15, 0.2) is 10.8 Å². The minimum atomic E-state index is 0.414. The minimum Gasteiger partial charge on any atom is -0.307 e. The van der Waals surface area contributed by atoms with Crippen LogP contribution >= 0.6 is 22.9 Å². The highest BCUT2D eigenvalue weighted by molar-refractivity contribution is 7.08. The van der Waals surface area contributed by atoms with E-state index in [2.05, 4.69) is 32.3 Å². The number of hydrogen-bond acceptors (Lipinski definition) is 3. The largest absolute Gasteiger partial charge is 0.307 e. The molecule has 0 aliphatic rings. The van der Waals surface area contributed by atoms with Gasteiger partial charge in [-0.3, -0.25) is 4.68 Å². The Labute approximate surface area is 120 Å². The Balaban J connectivity index is 2.18. The second kappa shape index (κ2) is 4.65. The van der Waals surface area contributed by atoms with Gasteiger partial charge >= 0.3 is 0 Å². The van der Waals surface area contributed by atoms with Crippen molar-refractivity contribution in [2.45, 2.75) is 26.3 Å². The van der Waals surface area contributed by atoms with Gasteiger partial charge in [0.15, 0.2) is 5.65 Å². The fourth-order valence-corrected chi connectivity index (χ4v) is 3.42. The van der Waals surface area contributed by atoms with Crippen LogP contribution in [0.3, 0.4) is 0 Å². The first-order valence-corrected chi connectivity index (χ1v) is 7.56. The van der Waals surface area contributed by atoms with Crippen molar-refractivity contribution < 1.29 is 0 Å². The average Bonchev–Trinajstić information content (AvgIpc) is 3.00. The third-order valence-corrected chi connectivity index (χ3v) is 4.53. The van der Waals surface area contributed by atoms with Crippen LogP contribution in [0.25, 0.3) is 11.2 Å². The molecule has 0 spiro atoms. The number of nitrogens with zero attached hydrogens (tertiary/aromatic N) is 4. The number of aromatic nitrogens is 4. The number of rotatable bonds is 3. The van der Waals surface area contributed by atoms with Gasteiger partial charge in [-0.1, -0.05) is 0 Å². The first-order valence-electron chi connectivity index (χ1n) is 6.08. The molecule has 0 unspecified atom stereocenters. The lowest BCUT2D eigenvalue weighted by atomic mass is 10.2. The third kappa shape index (κ3) is 1.97. The molecule has 6 heteroatoms. The molecule has 3 aromatic heterocycles. The summed E-state index contributed by atoms with van der Waals surface area (Å²) in [6.07, 6.45) is 0. The van der Waals surface area contributed by atoms with Gasteiger partial charge in [-0.15, -0.1) is 11.6 Å². The molecule has 3 aromatic rings. The van der Waals surface area contributed by atoms with E-state index in [1.807, 2.05) is 18.7 Å². The summed E-state index contributed by atoms with van der Waals surface area (Å²) >= 11 is 7.76. The van der Waals surface area contributed by atoms with Crippen molar-refractivity contribution in [3.8, 4) is 0 Å². The molecule has 0 radical (unpaired) electrons. The quantitative estimate of drug-likeness (QED) is 0.695. The number of halogens is 1. The van der Waals surface area contributed by atoms with Crippen molar-refractivity contribution in [1.82, 2.24) is 19.3 Å². The predicted molar refractivity (Wildman–Crippen MR) is 79.0 cm³/mol. The zero-order valence-electron chi connectivity index (χ0n) is 11.1. The number of aryl methyl sites for hydroxylation is 3. The van der Waals surface area contributed by atoms with Gasteiger partial charge in [-0.25, -0.2) is 4.98 Å². The van der Waals surface area contributed by atoms with Crippen molar-refractivity contribution >= 4 is 34.1 Å². The summed E-state index contributed by atoms with van der Waals surface area (Å²) in [6, 6.07) is 0. The fraction of sp³-hybridized carbons (Fsp3) is 0.385. The van der Waals surface area contributed by atoms with Crippen molar-refractivity contribution in [3.05, 3.63) is 33.4 Å². The maximum absolute atomic E-state index is 6.03. The smallest absolute Gasteiger partial charge is 0.159 e. The van der Waals surface area contributed by atoms with Gasteiger partial charge in [0.1, 0.15) is 11.3 Å². The number of imidazole rings is 1. The first kappa shape index (κ1) is 12.7. The lowest BCUT2D eigenvalue weighted by Crippen LogP contribution is -2.07. The molecule has 0 fully saturated rings. The lowest BCUT2D eigenvalue weighted by molar-refractivity contribution is 0.702. The molecule has 0 aliphatic heterocycles. The summed E-state index contributed by atoms with van der Waals surface area (Å²) in [4.78, 5) is 4.61. The third-order valence-electron chi connectivity index (χ3n) is 3.38. The molecule has 0 N–H and O–H groups in total. The van der Waals surface area contributed by atoms with E-state index in [0.29, 0.717) is 5.88 Å². The van der Waals surface area contributed by atoms with Crippen LogP contribution in [-0.2, 0) is 19.5 Å². The zero-order chi connectivity index (χ0) is 13.6. The molecule has 0 amide bonds. The number of hydrogen-bond donors (Lipinski definition) is 0. The summed E-state index contributed by atoms with van der Waals surface area (Å²) in [6.45, 7) is 4.91. The monoisotopic (exact) mass is 294 g/mol. The zero-order valence-corrected chi connectivity index (χ0v) is 12.7. The topological polar surface area (TPSA) is 35.6 Å². The molecule has 0 aromatic carbocycles. The summed E-state index contributed by atoms with van der Waals surface area (Å²) in [7, 11) is 1.95. The number of alkyl halides is 1. The summed E-state index contributed by atoms with van der Waals surface area (Å²) < 4.78 is 4.05. The maximum Gasteiger partial charge on any atom is 0.159 e. The normalized spacial score (nSPS) is 11.6. The standard InChI is InChI=1S/C13H15ClN4S/c1-8-6-19-7-10(8)5-18-11(4-14)15-12-9(2)16-17(3)13(12)18/h6-7H,4-5H2,1-3H3. The first-order chi connectivity index (χ1) is 9.11. The van der Waals surface area contributed by atoms with Crippen molar-refractivity contribution in [2.24, 2.45) is 7.05 Å². The molecular weight excluding hydrogens is 280 g/mol. The van der Waals surface area contributed by atoms with E-state index in [1.54, 1.807) is 11.3 Å². The van der Waals surface area contributed by atoms with E-state index in [1.165, 1.54) is 11.1 Å².